The lowest BCUT2D eigenvalue weighted by atomic mass is 9.92. The molecule has 0 bridgehead atoms. The van der Waals surface area contributed by atoms with Crippen molar-refractivity contribution in [3.8, 4) is 11.4 Å². The highest BCUT2D eigenvalue weighted by molar-refractivity contribution is 7.08. The fraction of sp³-hybridized carbons (Fsp3) is 0.647. The van der Waals surface area contributed by atoms with Crippen molar-refractivity contribution in [2.75, 3.05) is 32.7 Å². The maximum atomic E-state index is 5.40. The van der Waals surface area contributed by atoms with Crippen LogP contribution in [0.3, 0.4) is 0 Å². The third-order valence-corrected chi connectivity index (χ3v) is 4.93. The quantitative estimate of drug-likeness (QED) is 0.839. The monoisotopic (exact) mass is 334 g/mol. The predicted molar refractivity (Wildman–Crippen MR) is 93.4 cm³/mol. The van der Waals surface area contributed by atoms with E-state index in [1.807, 2.05) is 16.8 Å². The first-order chi connectivity index (χ1) is 11.0. The average molecular weight is 334 g/mol. The normalized spacial score (nSPS) is 17.7. The van der Waals surface area contributed by atoms with Gasteiger partial charge in [-0.3, -0.25) is 4.90 Å². The molecule has 126 valence electrons. The molecule has 0 N–H and O–H groups in total. The van der Waals surface area contributed by atoms with Crippen molar-refractivity contribution < 1.29 is 4.52 Å². The molecule has 0 radical (unpaired) electrons. The van der Waals surface area contributed by atoms with Crippen LogP contribution < -0.4 is 0 Å². The minimum Gasteiger partial charge on any atom is -0.338 e. The van der Waals surface area contributed by atoms with Crippen molar-refractivity contribution in [2.45, 2.75) is 33.7 Å². The summed E-state index contributed by atoms with van der Waals surface area (Å²) in [7, 11) is 0. The van der Waals surface area contributed by atoms with E-state index in [1.54, 1.807) is 11.3 Å². The van der Waals surface area contributed by atoms with E-state index in [0.717, 1.165) is 38.3 Å². The number of nitrogens with zero attached hydrogens (tertiary/aromatic N) is 4. The molecule has 1 fully saturated rings. The topological polar surface area (TPSA) is 45.4 Å². The molecule has 2 aromatic rings. The lowest BCUT2D eigenvalue weighted by Crippen LogP contribution is -2.46. The number of hydrogen-bond acceptors (Lipinski definition) is 6. The van der Waals surface area contributed by atoms with Crippen LogP contribution in [0.5, 0.6) is 0 Å². The van der Waals surface area contributed by atoms with E-state index >= 15 is 0 Å². The molecule has 5 nitrogen and oxygen atoms in total. The first kappa shape index (κ1) is 16.6. The van der Waals surface area contributed by atoms with E-state index in [-0.39, 0.29) is 0 Å². The van der Waals surface area contributed by atoms with E-state index < -0.39 is 0 Å². The van der Waals surface area contributed by atoms with Crippen molar-refractivity contribution in [1.29, 1.82) is 0 Å². The zero-order chi connectivity index (χ0) is 16.3. The summed E-state index contributed by atoms with van der Waals surface area (Å²) in [5, 5.41) is 8.15. The molecule has 3 rings (SSSR count). The van der Waals surface area contributed by atoms with E-state index in [9.17, 15) is 0 Å². The van der Waals surface area contributed by atoms with E-state index in [1.165, 1.54) is 13.0 Å². The summed E-state index contributed by atoms with van der Waals surface area (Å²) in [6, 6.07) is 2.02. The second kappa shape index (κ2) is 7.11. The SMILES string of the molecule is CC(C)(C)CCN1CCN(Cc2nc(-c3ccsc3)no2)CC1. The Morgan fingerprint density at radius 2 is 1.91 bits per heavy atom. The van der Waals surface area contributed by atoms with Gasteiger partial charge in [-0.2, -0.15) is 16.3 Å². The Morgan fingerprint density at radius 3 is 2.57 bits per heavy atom. The van der Waals surface area contributed by atoms with Gasteiger partial charge in [-0.25, -0.2) is 0 Å². The van der Waals surface area contributed by atoms with Gasteiger partial charge in [0.15, 0.2) is 0 Å². The summed E-state index contributed by atoms with van der Waals surface area (Å²) in [6.45, 7) is 13.3. The van der Waals surface area contributed by atoms with Crippen molar-refractivity contribution in [3.63, 3.8) is 0 Å². The standard InChI is InChI=1S/C17H26N4OS/c1-17(2,3)5-6-20-7-9-21(10-8-20)12-15-18-16(19-22-15)14-4-11-23-13-14/h4,11,13H,5-10,12H2,1-3H3. The van der Waals surface area contributed by atoms with Gasteiger partial charge in [0, 0.05) is 37.1 Å². The number of piperazine rings is 1. The van der Waals surface area contributed by atoms with Crippen LogP contribution >= 0.6 is 11.3 Å². The van der Waals surface area contributed by atoms with Gasteiger partial charge in [-0.05, 0) is 29.8 Å². The van der Waals surface area contributed by atoms with Crippen molar-refractivity contribution in [2.24, 2.45) is 5.41 Å². The molecule has 1 aliphatic rings. The largest absolute Gasteiger partial charge is 0.338 e. The van der Waals surface area contributed by atoms with Crippen LogP contribution in [0.1, 0.15) is 33.1 Å². The van der Waals surface area contributed by atoms with Crippen molar-refractivity contribution >= 4 is 11.3 Å². The molecule has 1 aliphatic heterocycles. The van der Waals surface area contributed by atoms with Gasteiger partial charge in [0.05, 0.1) is 6.54 Å². The van der Waals surface area contributed by atoms with Gasteiger partial charge < -0.3 is 9.42 Å². The molecule has 0 aromatic carbocycles. The number of hydrogen-bond donors (Lipinski definition) is 0. The minimum atomic E-state index is 0.416. The molecule has 1 saturated heterocycles. The Bertz CT molecular complexity index is 594. The average Bonchev–Trinajstić information content (AvgIpc) is 3.16. The van der Waals surface area contributed by atoms with Crippen LogP contribution in [0.25, 0.3) is 11.4 Å². The fourth-order valence-electron chi connectivity index (χ4n) is 2.68. The van der Waals surface area contributed by atoms with Gasteiger partial charge in [-0.1, -0.05) is 25.9 Å². The molecule has 0 unspecified atom stereocenters. The van der Waals surface area contributed by atoms with Gasteiger partial charge in [0.25, 0.3) is 0 Å². The summed E-state index contributed by atoms with van der Waals surface area (Å²) in [5.41, 5.74) is 1.45. The van der Waals surface area contributed by atoms with E-state index in [2.05, 4.69) is 40.7 Å². The lowest BCUT2D eigenvalue weighted by molar-refractivity contribution is 0.108. The molecule has 0 aliphatic carbocycles. The number of rotatable bonds is 5. The highest BCUT2D eigenvalue weighted by atomic mass is 32.1. The summed E-state index contributed by atoms with van der Waals surface area (Å²) < 4.78 is 5.40. The number of aromatic nitrogens is 2. The van der Waals surface area contributed by atoms with Crippen LogP contribution in [0.4, 0.5) is 0 Å². The Balaban J connectivity index is 1.46. The fourth-order valence-corrected chi connectivity index (χ4v) is 3.32. The molecule has 2 aromatic heterocycles. The van der Waals surface area contributed by atoms with Gasteiger partial charge >= 0.3 is 0 Å². The molecule has 23 heavy (non-hydrogen) atoms. The third kappa shape index (κ3) is 4.86. The van der Waals surface area contributed by atoms with Crippen LogP contribution in [-0.2, 0) is 6.54 Å². The minimum absolute atomic E-state index is 0.416. The molecular weight excluding hydrogens is 308 g/mol. The maximum Gasteiger partial charge on any atom is 0.241 e. The molecular formula is C17H26N4OS. The van der Waals surface area contributed by atoms with Crippen molar-refractivity contribution in [3.05, 3.63) is 22.7 Å². The van der Waals surface area contributed by atoms with Crippen LogP contribution in [0.15, 0.2) is 21.3 Å². The Hall–Kier alpha value is -1.24. The Labute approximate surface area is 142 Å². The maximum absolute atomic E-state index is 5.40. The highest BCUT2D eigenvalue weighted by Crippen LogP contribution is 2.21. The van der Waals surface area contributed by atoms with E-state index in [0.29, 0.717) is 17.1 Å². The second-order valence-electron chi connectivity index (χ2n) is 7.45. The van der Waals surface area contributed by atoms with Crippen LogP contribution in [-0.4, -0.2) is 52.7 Å². The Kier molecular flexibility index (Phi) is 5.14. The molecule has 0 amide bonds. The first-order valence-electron chi connectivity index (χ1n) is 8.29. The summed E-state index contributed by atoms with van der Waals surface area (Å²) in [5.74, 6) is 1.42. The highest BCUT2D eigenvalue weighted by Gasteiger charge is 2.21. The van der Waals surface area contributed by atoms with E-state index in [4.69, 9.17) is 4.52 Å². The summed E-state index contributed by atoms with van der Waals surface area (Å²) in [4.78, 5) is 9.47. The molecule has 0 saturated carbocycles. The van der Waals surface area contributed by atoms with Gasteiger partial charge in [0.1, 0.15) is 0 Å². The molecule has 0 spiro atoms. The zero-order valence-corrected chi connectivity index (χ0v) is 15.1. The first-order valence-corrected chi connectivity index (χ1v) is 9.24. The molecule has 0 atom stereocenters. The lowest BCUT2D eigenvalue weighted by Gasteiger charge is -2.35. The summed E-state index contributed by atoms with van der Waals surface area (Å²) >= 11 is 1.65. The predicted octanol–water partition coefficient (Wildman–Crippen LogP) is 3.35. The second-order valence-corrected chi connectivity index (χ2v) is 8.23. The van der Waals surface area contributed by atoms with Crippen molar-refractivity contribution in [1.82, 2.24) is 19.9 Å². The van der Waals surface area contributed by atoms with Crippen LogP contribution in [0, 0.1) is 5.41 Å². The van der Waals surface area contributed by atoms with Gasteiger partial charge in [0.2, 0.25) is 11.7 Å². The zero-order valence-electron chi connectivity index (χ0n) is 14.3. The molecule has 6 heteroatoms. The Morgan fingerprint density at radius 1 is 1.17 bits per heavy atom. The molecule has 3 heterocycles. The number of thiophene rings is 1. The van der Waals surface area contributed by atoms with Crippen LogP contribution in [0.2, 0.25) is 0 Å². The van der Waals surface area contributed by atoms with Gasteiger partial charge in [-0.15, -0.1) is 0 Å². The third-order valence-electron chi connectivity index (χ3n) is 4.25. The summed E-state index contributed by atoms with van der Waals surface area (Å²) in [6.07, 6.45) is 1.25. The smallest absolute Gasteiger partial charge is 0.241 e.